The van der Waals surface area contributed by atoms with Crippen LogP contribution in [0.5, 0.6) is 0 Å². The van der Waals surface area contributed by atoms with E-state index in [1.165, 1.54) is 12.1 Å². The third-order valence-electron chi connectivity index (χ3n) is 1.82. The molecule has 0 spiro atoms. The van der Waals surface area contributed by atoms with Gasteiger partial charge in [-0.15, -0.1) is 0 Å². The summed E-state index contributed by atoms with van der Waals surface area (Å²) in [6.07, 6.45) is 0.527. The van der Waals surface area contributed by atoms with Crippen molar-refractivity contribution in [3.8, 4) is 0 Å². The first-order valence-electron chi connectivity index (χ1n) is 3.89. The molecule has 64 valence electrons. The first-order valence-corrected chi connectivity index (χ1v) is 3.89. The Labute approximate surface area is 71.2 Å². The fourth-order valence-electron chi connectivity index (χ4n) is 0.998. The van der Waals surface area contributed by atoms with Crippen molar-refractivity contribution >= 4 is 6.29 Å². The van der Waals surface area contributed by atoms with E-state index >= 15 is 0 Å². The SMILES string of the molecule is CC(C)c1ccc(C=O)c(F)c1. The molecule has 0 amide bonds. The first-order chi connectivity index (χ1) is 5.65. The van der Waals surface area contributed by atoms with E-state index in [0.29, 0.717) is 12.2 Å². The second-order valence-electron chi connectivity index (χ2n) is 3.05. The molecule has 0 atom stereocenters. The molecule has 0 bridgehead atoms. The smallest absolute Gasteiger partial charge is 0.152 e. The Hall–Kier alpha value is -1.18. The lowest BCUT2D eigenvalue weighted by Crippen LogP contribution is -1.92. The van der Waals surface area contributed by atoms with E-state index in [0.717, 1.165) is 5.56 Å². The highest BCUT2D eigenvalue weighted by molar-refractivity contribution is 5.75. The van der Waals surface area contributed by atoms with Crippen LogP contribution in [0.3, 0.4) is 0 Å². The fraction of sp³-hybridized carbons (Fsp3) is 0.300. The molecule has 0 radical (unpaired) electrons. The maximum absolute atomic E-state index is 13.0. The summed E-state index contributed by atoms with van der Waals surface area (Å²) in [6.45, 7) is 3.96. The molecule has 1 aromatic carbocycles. The zero-order valence-corrected chi connectivity index (χ0v) is 7.17. The maximum atomic E-state index is 13.0. The van der Waals surface area contributed by atoms with Gasteiger partial charge in [-0.25, -0.2) is 4.39 Å². The van der Waals surface area contributed by atoms with Crippen molar-refractivity contribution in [2.45, 2.75) is 19.8 Å². The van der Waals surface area contributed by atoms with Gasteiger partial charge < -0.3 is 0 Å². The average molecular weight is 166 g/mol. The van der Waals surface area contributed by atoms with Gasteiger partial charge in [-0.2, -0.15) is 0 Å². The van der Waals surface area contributed by atoms with Gasteiger partial charge >= 0.3 is 0 Å². The molecule has 1 nitrogen and oxygen atoms in total. The molecule has 0 unspecified atom stereocenters. The molecule has 0 aromatic heterocycles. The van der Waals surface area contributed by atoms with Crippen molar-refractivity contribution < 1.29 is 9.18 Å². The van der Waals surface area contributed by atoms with Gasteiger partial charge in [0.25, 0.3) is 0 Å². The fourth-order valence-corrected chi connectivity index (χ4v) is 0.998. The summed E-state index contributed by atoms with van der Waals surface area (Å²) in [7, 11) is 0. The Balaban J connectivity index is 3.10. The molecule has 0 aliphatic heterocycles. The van der Waals surface area contributed by atoms with Crippen molar-refractivity contribution in [3.05, 3.63) is 35.1 Å². The summed E-state index contributed by atoms with van der Waals surface area (Å²) in [5.41, 5.74) is 1.04. The van der Waals surface area contributed by atoms with Crippen LogP contribution >= 0.6 is 0 Å². The van der Waals surface area contributed by atoms with Crippen molar-refractivity contribution in [2.24, 2.45) is 0 Å². The third-order valence-corrected chi connectivity index (χ3v) is 1.82. The normalized spacial score (nSPS) is 10.3. The van der Waals surface area contributed by atoms with Crippen LogP contribution in [0.4, 0.5) is 4.39 Å². The molecule has 2 heteroatoms. The van der Waals surface area contributed by atoms with Crippen molar-refractivity contribution in [2.75, 3.05) is 0 Å². The van der Waals surface area contributed by atoms with Crippen molar-refractivity contribution in [1.29, 1.82) is 0 Å². The maximum Gasteiger partial charge on any atom is 0.152 e. The highest BCUT2D eigenvalue weighted by Gasteiger charge is 2.04. The third kappa shape index (κ3) is 1.70. The molecule has 0 aliphatic rings. The Morgan fingerprint density at radius 2 is 2.08 bits per heavy atom. The number of rotatable bonds is 2. The van der Waals surface area contributed by atoms with Crippen molar-refractivity contribution in [3.63, 3.8) is 0 Å². The van der Waals surface area contributed by atoms with Gasteiger partial charge in [-0.1, -0.05) is 19.9 Å². The minimum Gasteiger partial charge on any atom is -0.298 e. The van der Waals surface area contributed by atoms with Gasteiger partial charge in [-0.05, 0) is 23.6 Å². The molecular formula is C10H11FO. The second kappa shape index (κ2) is 3.48. The van der Waals surface area contributed by atoms with E-state index in [9.17, 15) is 9.18 Å². The van der Waals surface area contributed by atoms with Crippen LogP contribution in [-0.4, -0.2) is 6.29 Å². The lowest BCUT2D eigenvalue weighted by molar-refractivity contribution is 0.112. The minimum atomic E-state index is -0.434. The highest BCUT2D eigenvalue weighted by Crippen LogP contribution is 2.16. The molecule has 1 aromatic rings. The zero-order chi connectivity index (χ0) is 9.14. The van der Waals surface area contributed by atoms with Gasteiger partial charge in [0.1, 0.15) is 5.82 Å². The topological polar surface area (TPSA) is 17.1 Å². The number of carbonyl (C=O) groups excluding carboxylic acids is 1. The van der Waals surface area contributed by atoms with Crippen LogP contribution in [0.25, 0.3) is 0 Å². The number of halogens is 1. The standard InChI is InChI=1S/C10H11FO/c1-7(2)8-3-4-9(6-12)10(11)5-8/h3-7H,1-2H3. The molecule has 0 fully saturated rings. The number of aldehydes is 1. The molecule has 0 N–H and O–H groups in total. The Morgan fingerprint density at radius 3 is 2.50 bits per heavy atom. The van der Waals surface area contributed by atoms with Gasteiger partial charge in [0, 0.05) is 0 Å². The number of benzene rings is 1. The Kier molecular flexibility index (Phi) is 2.58. The zero-order valence-electron chi connectivity index (χ0n) is 7.17. The van der Waals surface area contributed by atoms with Crippen molar-refractivity contribution in [1.82, 2.24) is 0 Å². The number of hydrogen-bond donors (Lipinski definition) is 0. The molecule has 0 heterocycles. The summed E-state index contributed by atoms with van der Waals surface area (Å²) in [6, 6.07) is 4.70. The van der Waals surface area contributed by atoms with E-state index in [-0.39, 0.29) is 5.56 Å². The Morgan fingerprint density at radius 1 is 1.42 bits per heavy atom. The van der Waals surface area contributed by atoms with Gasteiger partial charge in [0.2, 0.25) is 0 Å². The minimum absolute atomic E-state index is 0.124. The van der Waals surface area contributed by atoms with Gasteiger partial charge in [0.15, 0.2) is 6.29 Å². The Bertz CT molecular complexity index is 292. The van der Waals surface area contributed by atoms with Crippen LogP contribution in [0, 0.1) is 5.82 Å². The predicted molar refractivity (Wildman–Crippen MR) is 45.9 cm³/mol. The van der Waals surface area contributed by atoms with Crippen LogP contribution in [0.2, 0.25) is 0 Å². The van der Waals surface area contributed by atoms with E-state index in [1.54, 1.807) is 6.07 Å². The molecule has 1 rings (SSSR count). The van der Waals surface area contributed by atoms with Crippen LogP contribution in [-0.2, 0) is 0 Å². The van der Waals surface area contributed by atoms with Gasteiger partial charge in [-0.3, -0.25) is 4.79 Å². The van der Waals surface area contributed by atoms with Crippen LogP contribution < -0.4 is 0 Å². The van der Waals surface area contributed by atoms with E-state index < -0.39 is 5.82 Å². The number of carbonyl (C=O) groups is 1. The van der Waals surface area contributed by atoms with E-state index in [2.05, 4.69) is 0 Å². The average Bonchev–Trinajstić information content (AvgIpc) is 2.04. The lowest BCUT2D eigenvalue weighted by atomic mass is 10.0. The first kappa shape index (κ1) is 8.91. The highest BCUT2D eigenvalue weighted by atomic mass is 19.1. The summed E-state index contributed by atoms with van der Waals surface area (Å²) >= 11 is 0. The molecule has 0 saturated heterocycles. The molecular weight excluding hydrogens is 155 g/mol. The summed E-state index contributed by atoms with van der Waals surface area (Å²) in [4.78, 5) is 10.3. The molecule has 12 heavy (non-hydrogen) atoms. The van der Waals surface area contributed by atoms with Gasteiger partial charge in [0.05, 0.1) is 5.56 Å². The molecule has 0 saturated carbocycles. The van der Waals surface area contributed by atoms with Crippen LogP contribution in [0.15, 0.2) is 18.2 Å². The molecule has 0 aliphatic carbocycles. The monoisotopic (exact) mass is 166 g/mol. The largest absolute Gasteiger partial charge is 0.298 e. The second-order valence-corrected chi connectivity index (χ2v) is 3.05. The summed E-state index contributed by atoms with van der Waals surface area (Å²) in [5.74, 6) is -0.142. The van der Waals surface area contributed by atoms with E-state index in [4.69, 9.17) is 0 Å². The predicted octanol–water partition coefficient (Wildman–Crippen LogP) is 2.76. The lowest BCUT2D eigenvalue weighted by Gasteiger charge is -2.05. The number of hydrogen-bond acceptors (Lipinski definition) is 1. The summed E-state index contributed by atoms with van der Waals surface area (Å²) in [5, 5.41) is 0. The quantitative estimate of drug-likeness (QED) is 0.617. The van der Waals surface area contributed by atoms with E-state index in [1.807, 2.05) is 13.8 Å². The summed E-state index contributed by atoms with van der Waals surface area (Å²) < 4.78 is 13.0. The van der Waals surface area contributed by atoms with Crippen LogP contribution in [0.1, 0.15) is 35.7 Å².